The van der Waals surface area contributed by atoms with Gasteiger partial charge in [-0.3, -0.25) is 4.79 Å². The molecule has 0 saturated carbocycles. The number of thiophene rings is 1. The van der Waals surface area contributed by atoms with E-state index < -0.39 is 0 Å². The minimum atomic E-state index is 0.116. The van der Waals surface area contributed by atoms with Gasteiger partial charge in [0.25, 0.3) is 5.91 Å². The maximum Gasteiger partial charge on any atom is 0.319 e. The quantitative estimate of drug-likeness (QED) is 0.792. The van der Waals surface area contributed by atoms with Crippen molar-refractivity contribution < 1.29 is 9.59 Å². The van der Waals surface area contributed by atoms with E-state index in [-0.39, 0.29) is 11.9 Å². The number of hydrogen-bond donors (Lipinski definition) is 0. The van der Waals surface area contributed by atoms with Gasteiger partial charge in [-0.1, -0.05) is 0 Å². The van der Waals surface area contributed by atoms with Crippen LogP contribution in [0, 0.1) is 5.41 Å². The first-order chi connectivity index (χ1) is 11.0. The minimum Gasteiger partial charge on any atom is -0.339 e. The first kappa shape index (κ1) is 16.3. The van der Waals surface area contributed by atoms with E-state index in [1.165, 1.54) is 0 Å². The molecule has 2 fully saturated rings. The third-order valence-electron chi connectivity index (χ3n) is 5.36. The Hall–Kier alpha value is -1.56. The molecule has 6 heteroatoms. The number of carbonyl (C=O) groups excluding carboxylic acids is 2. The number of piperidine rings is 2. The zero-order valence-electron chi connectivity index (χ0n) is 14.0. The average molecular weight is 335 g/mol. The Morgan fingerprint density at radius 1 is 1.04 bits per heavy atom. The molecular formula is C17H25N3O2S. The zero-order valence-corrected chi connectivity index (χ0v) is 14.8. The van der Waals surface area contributed by atoms with Gasteiger partial charge in [0, 0.05) is 45.7 Å². The van der Waals surface area contributed by atoms with Crippen LogP contribution in [0.1, 0.15) is 36.0 Å². The molecule has 3 heterocycles. The van der Waals surface area contributed by atoms with Crippen LogP contribution in [0.4, 0.5) is 4.79 Å². The highest BCUT2D eigenvalue weighted by Gasteiger charge is 2.39. The predicted molar refractivity (Wildman–Crippen MR) is 91.8 cm³/mol. The third kappa shape index (κ3) is 3.37. The van der Waals surface area contributed by atoms with E-state index in [0.29, 0.717) is 5.41 Å². The van der Waals surface area contributed by atoms with Crippen molar-refractivity contribution in [3.8, 4) is 0 Å². The van der Waals surface area contributed by atoms with Crippen molar-refractivity contribution in [2.75, 3.05) is 40.3 Å². The van der Waals surface area contributed by atoms with Gasteiger partial charge < -0.3 is 14.7 Å². The molecule has 126 valence electrons. The monoisotopic (exact) mass is 335 g/mol. The maximum atomic E-state index is 12.4. The van der Waals surface area contributed by atoms with Gasteiger partial charge in [0.15, 0.2) is 0 Å². The summed E-state index contributed by atoms with van der Waals surface area (Å²) >= 11 is 1.57. The van der Waals surface area contributed by atoms with Crippen LogP contribution in [0.15, 0.2) is 16.8 Å². The largest absolute Gasteiger partial charge is 0.339 e. The molecule has 23 heavy (non-hydrogen) atoms. The maximum absolute atomic E-state index is 12.4. The molecule has 0 aromatic carbocycles. The normalized spacial score (nSPS) is 20.6. The van der Waals surface area contributed by atoms with E-state index in [4.69, 9.17) is 0 Å². The highest BCUT2D eigenvalue weighted by Crippen LogP contribution is 2.41. The number of carbonyl (C=O) groups is 2. The van der Waals surface area contributed by atoms with Crippen molar-refractivity contribution in [1.82, 2.24) is 14.7 Å². The smallest absolute Gasteiger partial charge is 0.319 e. The lowest BCUT2D eigenvalue weighted by molar-refractivity contribution is 0.0349. The first-order valence-electron chi connectivity index (χ1n) is 8.28. The SMILES string of the molecule is CN(C)C(=O)N1CCC2(CCN(C(=O)c3ccsc3)CC2)CC1. The Balaban J connectivity index is 1.53. The number of nitrogens with zero attached hydrogens (tertiary/aromatic N) is 3. The third-order valence-corrected chi connectivity index (χ3v) is 6.04. The van der Waals surface area contributed by atoms with Gasteiger partial charge >= 0.3 is 6.03 Å². The summed E-state index contributed by atoms with van der Waals surface area (Å²) in [6.45, 7) is 3.37. The molecular weight excluding hydrogens is 310 g/mol. The van der Waals surface area contributed by atoms with Crippen LogP contribution in [0.2, 0.25) is 0 Å². The van der Waals surface area contributed by atoms with Gasteiger partial charge in [0.1, 0.15) is 0 Å². The van der Waals surface area contributed by atoms with Crippen LogP contribution in [-0.2, 0) is 0 Å². The Kier molecular flexibility index (Phi) is 4.62. The van der Waals surface area contributed by atoms with Crippen LogP contribution in [-0.4, -0.2) is 66.9 Å². The Morgan fingerprint density at radius 2 is 1.61 bits per heavy atom. The highest BCUT2D eigenvalue weighted by atomic mass is 32.1. The van der Waals surface area contributed by atoms with Gasteiger partial charge in [0.05, 0.1) is 5.56 Å². The van der Waals surface area contributed by atoms with E-state index in [1.807, 2.05) is 26.6 Å². The van der Waals surface area contributed by atoms with Crippen molar-refractivity contribution in [2.45, 2.75) is 25.7 Å². The average Bonchev–Trinajstić information content (AvgIpc) is 3.09. The summed E-state index contributed by atoms with van der Waals surface area (Å²) in [4.78, 5) is 30.1. The summed E-state index contributed by atoms with van der Waals surface area (Å²) in [5.74, 6) is 0.168. The van der Waals surface area contributed by atoms with E-state index >= 15 is 0 Å². The topological polar surface area (TPSA) is 43.9 Å². The van der Waals surface area contributed by atoms with Crippen LogP contribution in [0.25, 0.3) is 0 Å². The predicted octanol–water partition coefficient (Wildman–Crippen LogP) is 2.75. The molecule has 1 aromatic heterocycles. The van der Waals surface area contributed by atoms with Crippen LogP contribution in [0.5, 0.6) is 0 Å². The minimum absolute atomic E-state index is 0.116. The summed E-state index contributed by atoms with van der Waals surface area (Å²) in [6, 6.07) is 2.02. The summed E-state index contributed by atoms with van der Waals surface area (Å²) in [5, 5.41) is 3.88. The summed E-state index contributed by atoms with van der Waals surface area (Å²) in [7, 11) is 3.61. The molecule has 3 amide bonds. The number of hydrogen-bond acceptors (Lipinski definition) is 3. The van der Waals surface area contributed by atoms with Crippen molar-refractivity contribution in [1.29, 1.82) is 0 Å². The van der Waals surface area contributed by atoms with Gasteiger partial charge in [-0.05, 0) is 42.5 Å². The van der Waals surface area contributed by atoms with Crippen LogP contribution >= 0.6 is 11.3 Å². The van der Waals surface area contributed by atoms with E-state index in [0.717, 1.165) is 57.4 Å². The molecule has 0 aliphatic carbocycles. The molecule has 0 bridgehead atoms. The molecule has 2 aliphatic heterocycles. The number of likely N-dealkylation sites (tertiary alicyclic amines) is 2. The van der Waals surface area contributed by atoms with E-state index in [1.54, 1.807) is 30.3 Å². The first-order valence-corrected chi connectivity index (χ1v) is 9.23. The summed E-state index contributed by atoms with van der Waals surface area (Å²) in [6.07, 6.45) is 4.25. The van der Waals surface area contributed by atoms with Crippen molar-refractivity contribution in [3.05, 3.63) is 22.4 Å². The van der Waals surface area contributed by atoms with Crippen LogP contribution < -0.4 is 0 Å². The Morgan fingerprint density at radius 3 is 2.09 bits per heavy atom. The molecule has 0 N–H and O–H groups in total. The van der Waals surface area contributed by atoms with Gasteiger partial charge in [-0.2, -0.15) is 11.3 Å². The fourth-order valence-electron chi connectivity index (χ4n) is 3.71. The number of urea groups is 1. The molecule has 0 radical (unpaired) electrons. The lowest BCUT2D eigenvalue weighted by atomic mass is 9.71. The molecule has 0 atom stereocenters. The Bertz CT molecular complexity index is 552. The zero-order chi connectivity index (χ0) is 16.4. The standard InChI is InChI=1S/C17H25N3O2S/c1-18(2)16(22)20-10-6-17(7-11-20)4-8-19(9-5-17)15(21)14-3-12-23-13-14/h3,12-13H,4-11H2,1-2H3. The fraction of sp³-hybridized carbons (Fsp3) is 0.647. The van der Waals surface area contributed by atoms with Gasteiger partial charge in [-0.15, -0.1) is 0 Å². The van der Waals surface area contributed by atoms with Crippen LogP contribution in [0.3, 0.4) is 0 Å². The molecule has 2 aliphatic rings. The molecule has 1 aromatic rings. The van der Waals surface area contributed by atoms with Crippen molar-refractivity contribution in [2.24, 2.45) is 5.41 Å². The van der Waals surface area contributed by atoms with Crippen molar-refractivity contribution in [3.63, 3.8) is 0 Å². The molecule has 2 saturated heterocycles. The second-order valence-corrected chi connectivity index (χ2v) is 7.75. The number of amides is 3. The summed E-state index contributed by atoms with van der Waals surface area (Å²) in [5.41, 5.74) is 1.14. The molecule has 3 rings (SSSR count). The molecule has 5 nitrogen and oxygen atoms in total. The fourth-order valence-corrected chi connectivity index (χ4v) is 4.34. The van der Waals surface area contributed by atoms with E-state index in [2.05, 4.69) is 0 Å². The lowest BCUT2D eigenvalue weighted by Crippen LogP contribution is -2.51. The molecule has 0 unspecified atom stereocenters. The lowest BCUT2D eigenvalue weighted by Gasteiger charge is -2.47. The van der Waals surface area contributed by atoms with Crippen molar-refractivity contribution >= 4 is 23.3 Å². The molecule has 1 spiro atoms. The van der Waals surface area contributed by atoms with E-state index in [9.17, 15) is 9.59 Å². The highest BCUT2D eigenvalue weighted by molar-refractivity contribution is 7.08. The second-order valence-electron chi connectivity index (χ2n) is 6.97. The number of rotatable bonds is 1. The Labute approximate surface area is 141 Å². The van der Waals surface area contributed by atoms with Gasteiger partial charge in [0.2, 0.25) is 0 Å². The second kappa shape index (κ2) is 6.51. The summed E-state index contributed by atoms with van der Waals surface area (Å²) < 4.78 is 0. The van der Waals surface area contributed by atoms with Gasteiger partial charge in [-0.25, -0.2) is 4.79 Å².